The van der Waals surface area contributed by atoms with E-state index in [1.54, 1.807) is 13.0 Å². The Kier molecular flexibility index (Phi) is 3.35. The first-order chi connectivity index (χ1) is 8.06. The monoisotopic (exact) mass is 240 g/mol. The van der Waals surface area contributed by atoms with Crippen molar-refractivity contribution in [1.29, 1.82) is 0 Å². The first-order valence-electron chi connectivity index (χ1n) is 5.73. The molecule has 0 aliphatic carbocycles. The molecule has 0 saturated heterocycles. The minimum atomic E-state index is -0.550. The van der Waals surface area contributed by atoms with E-state index < -0.39 is 5.41 Å². The number of rotatable bonds is 4. The maximum absolute atomic E-state index is 13.0. The lowest BCUT2D eigenvalue weighted by Crippen LogP contribution is -2.32. The van der Waals surface area contributed by atoms with Gasteiger partial charge in [-0.1, -0.05) is 6.92 Å². The second kappa shape index (κ2) is 4.63. The largest absolute Gasteiger partial charge is 0.490 e. The van der Waals surface area contributed by atoms with Crippen LogP contribution in [0.5, 0.6) is 5.75 Å². The fraction of sp³-hybridized carbons (Fsp3) is 0.538. The Labute approximate surface area is 99.8 Å². The molecule has 2 N–H and O–H groups in total. The van der Waals surface area contributed by atoms with Crippen molar-refractivity contribution < 1.29 is 19.3 Å². The standard InChI is InChI=1S/C13H17FO3/c1-13(7-15,8-16)6-11-5-9-4-10(14)2-3-12(9)17-11/h2-4,11,15-16H,5-8H2,1H3. The summed E-state index contributed by atoms with van der Waals surface area (Å²) < 4.78 is 18.7. The van der Waals surface area contributed by atoms with E-state index in [9.17, 15) is 14.6 Å². The van der Waals surface area contributed by atoms with Crippen LogP contribution in [0, 0.1) is 11.2 Å². The molecule has 0 saturated carbocycles. The molecule has 1 aliphatic heterocycles. The summed E-state index contributed by atoms with van der Waals surface area (Å²) in [5.74, 6) is 0.440. The molecule has 0 amide bonds. The zero-order chi connectivity index (χ0) is 12.5. The van der Waals surface area contributed by atoms with Crippen LogP contribution in [0.3, 0.4) is 0 Å². The molecular weight excluding hydrogens is 223 g/mol. The van der Waals surface area contributed by atoms with E-state index in [-0.39, 0.29) is 25.1 Å². The molecule has 0 fully saturated rings. The smallest absolute Gasteiger partial charge is 0.123 e. The number of benzene rings is 1. The molecule has 94 valence electrons. The minimum absolute atomic E-state index is 0.0892. The van der Waals surface area contributed by atoms with Crippen LogP contribution in [-0.4, -0.2) is 29.5 Å². The Balaban J connectivity index is 2.05. The highest BCUT2D eigenvalue weighted by Gasteiger charge is 2.32. The molecular formula is C13H17FO3. The second-order valence-electron chi connectivity index (χ2n) is 5.03. The number of hydrogen-bond acceptors (Lipinski definition) is 3. The van der Waals surface area contributed by atoms with Crippen LogP contribution in [0.2, 0.25) is 0 Å². The quantitative estimate of drug-likeness (QED) is 0.838. The third kappa shape index (κ3) is 2.58. The first-order valence-corrected chi connectivity index (χ1v) is 5.73. The van der Waals surface area contributed by atoms with Crippen molar-refractivity contribution in [1.82, 2.24) is 0 Å². The summed E-state index contributed by atoms with van der Waals surface area (Å²) in [6, 6.07) is 4.48. The maximum Gasteiger partial charge on any atom is 0.123 e. The van der Waals surface area contributed by atoms with Gasteiger partial charge in [0.2, 0.25) is 0 Å². The number of aliphatic hydroxyl groups excluding tert-OH is 2. The van der Waals surface area contributed by atoms with E-state index in [2.05, 4.69) is 0 Å². The van der Waals surface area contributed by atoms with Crippen molar-refractivity contribution in [3.05, 3.63) is 29.6 Å². The van der Waals surface area contributed by atoms with Crippen LogP contribution in [0.25, 0.3) is 0 Å². The normalized spacial score (nSPS) is 18.9. The molecule has 1 atom stereocenters. The molecule has 0 bridgehead atoms. The molecule has 1 aromatic rings. The molecule has 0 aromatic heterocycles. The summed E-state index contributed by atoms with van der Waals surface area (Å²) in [7, 11) is 0. The predicted octanol–water partition coefficient (Wildman–Crippen LogP) is 1.51. The van der Waals surface area contributed by atoms with Gasteiger partial charge in [-0.15, -0.1) is 0 Å². The van der Waals surface area contributed by atoms with Gasteiger partial charge in [0, 0.05) is 17.4 Å². The lowest BCUT2D eigenvalue weighted by Gasteiger charge is -2.27. The molecule has 1 aliphatic rings. The highest BCUT2D eigenvalue weighted by Crippen LogP contribution is 2.34. The van der Waals surface area contributed by atoms with Gasteiger partial charge in [-0.25, -0.2) is 4.39 Å². The van der Waals surface area contributed by atoms with Crippen molar-refractivity contribution in [2.45, 2.75) is 25.9 Å². The zero-order valence-corrected chi connectivity index (χ0v) is 9.82. The molecule has 1 heterocycles. The zero-order valence-electron chi connectivity index (χ0n) is 9.82. The molecule has 1 aromatic carbocycles. The van der Waals surface area contributed by atoms with Gasteiger partial charge in [-0.3, -0.25) is 0 Å². The van der Waals surface area contributed by atoms with E-state index in [1.165, 1.54) is 12.1 Å². The van der Waals surface area contributed by atoms with E-state index in [0.29, 0.717) is 18.6 Å². The van der Waals surface area contributed by atoms with Crippen LogP contribution >= 0.6 is 0 Å². The van der Waals surface area contributed by atoms with E-state index in [0.717, 1.165) is 5.56 Å². The SMILES string of the molecule is CC(CO)(CO)CC1Cc2cc(F)ccc2O1. The lowest BCUT2D eigenvalue weighted by atomic mass is 9.85. The van der Waals surface area contributed by atoms with Gasteiger partial charge >= 0.3 is 0 Å². The average Bonchev–Trinajstić information content (AvgIpc) is 2.70. The van der Waals surface area contributed by atoms with Gasteiger partial charge in [-0.05, 0) is 24.6 Å². The number of aliphatic hydroxyl groups is 2. The first kappa shape index (κ1) is 12.3. The van der Waals surface area contributed by atoms with Gasteiger partial charge in [0.25, 0.3) is 0 Å². The fourth-order valence-electron chi connectivity index (χ4n) is 2.13. The Morgan fingerprint density at radius 2 is 2.12 bits per heavy atom. The highest BCUT2D eigenvalue weighted by atomic mass is 19.1. The second-order valence-corrected chi connectivity index (χ2v) is 5.03. The van der Waals surface area contributed by atoms with Crippen molar-refractivity contribution in [2.75, 3.05) is 13.2 Å². The van der Waals surface area contributed by atoms with Crippen LogP contribution in [0.4, 0.5) is 4.39 Å². The topological polar surface area (TPSA) is 49.7 Å². The Bertz CT molecular complexity index is 402. The van der Waals surface area contributed by atoms with Crippen LogP contribution in [-0.2, 0) is 6.42 Å². The Hall–Kier alpha value is -1.13. The molecule has 4 heteroatoms. The number of fused-ring (bicyclic) bond motifs is 1. The Morgan fingerprint density at radius 3 is 2.76 bits per heavy atom. The molecule has 0 radical (unpaired) electrons. The van der Waals surface area contributed by atoms with Gasteiger partial charge in [-0.2, -0.15) is 0 Å². The van der Waals surface area contributed by atoms with Crippen LogP contribution in [0.15, 0.2) is 18.2 Å². The predicted molar refractivity (Wildman–Crippen MR) is 61.4 cm³/mol. The van der Waals surface area contributed by atoms with Gasteiger partial charge < -0.3 is 14.9 Å². The van der Waals surface area contributed by atoms with E-state index >= 15 is 0 Å². The van der Waals surface area contributed by atoms with Crippen molar-refractivity contribution >= 4 is 0 Å². The van der Waals surface area contributed by atoms with E-state index in [1.807, 2.05) is 0 Å². The van der Waals surface area contributed by atoms with Gasteiger partial charge in [0.1, 0.15) is 17.7 Å². The third-order valence-corrected chi connectivity index (χ3v) is 3.25. The molecule has 17 heavy (non-hydrogen) atoms. The summed E-state index contributed by atoms with van der Waals surface area (Å²) in [5.41, 5.74) is 0.304. The highest BCUT2D eigenvalue weighted by molar-refractivity contribution is 5.37. The van der Waals surface area contributed by atoms with Gasteiger partial charge in [0.05, 0.1) is 13.2 Å². The summed E-state index contributed by atoms with van der Waals surface area (Å²) >= 11 is 0. The van der Waals surface area contributed by atoms with Gasteiger partial charge in [0.15, 0.2) is 0 Å². The fourth-order valence-corrected chi connectivity index (χ4v) is 2.13. The maximum atomic E-state index is 13.0. The Morgan fingerprint density at radius 1 is 1.41 bits per heavy atom. The number of ether oxygens (including phenoxy) is 1. The summed E-state index contributed by atoms with van der Waals surface area (Å²) in [6.45, 7) is 1.63. The lowest BCUT2D eigenvalue weighted by molar-refractivity contribution is 0.0322. The molecule has 2 rings (SSSR count). The minimum Gasteiger partial charge on any atom is -0.490 e. The van der Waals surface area contributed by atoms with Crippen molar-refractivity contribution in [2.24, 2.45) is 5.41 Å². The third-order valence-electron chi connectivity index (χ3n) is 3.25. The number of halogens is 1. The van der Waals surface area contributed by atoms with Crippen LogP contribution in [0.1, 0.15) is 18.9 Å². The van der Waals surface area contributed by atoms with Crippen molar-refractivity contribution in [3.8, 4) is 5.75 Å². The summed E-state index contributed by atoms with van der Waals surface area (Å²) in [6.07, 6.45) is 1.08. The number of hydrogen-bond donors (Lipinski definition) is 2. The van der Waals surface area contributed by atoms with E-state index in [4.69, 9.17) is 4.74 Å². The summed E-state index contributed by atoms with van der Waals surface area (Å²) in [4.78, 5) is 0. The molecule has 3 nitrogen and oxygen atoms in total. The summed E-state index contributed by atoms with van der Waals surface area (Å²) in [5, 5.41) is 18.5. The molecule has 0 spiro atoms. The average molecular weight is 240 g/mol. The van der Waals surface area contributed by atoms with Crippen molar-refractivity contribution in [3.63, 3.8) is 0 Å². The van der Waals surface area contributed by atoms with Crippen LogP contribution < -0.4 is 4.74 Å². The molecule has 1 unspecified atom stereocenters.